The Morgan fingerprint density at radius 2 is 1.47 bits per heavy atom. The van der Waals surface area contributed by atoms with E-state index in [0.29, 0.717) is 16.7 Å². The summed E-state index contributed by atoms with van der Waals surface area (Å²) in [5.41, 5.74) is 5.30. The van der Waals surface area contributed by atoms with Crippen molar-refractivity contribution in [3.63, 3.8) is 0 Å². The van der Waals surface area contributed by atoms with Gasteiger partial charge in [-0.15, -0.1) is 5.73 Å². The largest absolute Gasteiger partial charge is 0.125 e. The van der Waals surface area contributed by atoms with Gasteiger partial charge in [-0.2, -0.15) is 0 Å². The minimum atomic E-state index is 0.480. The summed E-state index contributed by atoms with van der Waals surface area (Å²) in [5.74, 6) is 1.47. The Kier molecular flexibility index (Phi) is 6.36. The molecule has 1 aliphatic carbocycles. The van der Waals surface area contributed by atoms with Gasteiger partial charge >= 0.3 is 0 Å². The molecule has 1 rings (SSSR count). The molecule has 0 nitrogen and oxygen atoms in total. The van der Waals surface area contributed by atoms with E-state index in [1.165, 1.54) is 12.8 Å². The fourth-order valence-electron chi connectivity index (χ4n) is 3.12. The van der Waals surface area contributed by atoms with E-state index in [4.69, 9.17) is 0 Å². The fraction of sp³-hybridized carbons (Fsp3) is 0.632. The lowest BCUT2D eigenvalue weighted by atomic mass is 9.55. The van der Waals surface area contributed by atoms with Crippen LogP contribution in [0.15, 0.2) is 30.0 Å². The fourth-order valence-corrected chi connectivity index (χ4v) is 3.12. The zero-order chi connectivity index (χ0) is 15.4. The molecule has 0 bridgehead atoms. The molecule has 0 aromatic rings. The molecular weight excluding hydrogens is 228 g/mol. The maximum atomic E-state index is 4.22. The average molecular weight is 260 g/mol. The van der Waals surface area contributed by atoms with E-state index >= 15 is 0 Å². The van der Waals surface area contributed by atoms with Crippen LogP contribution in [0.4, 0.5) is 0 Å². The summed E-state index contributed by atoms with van der Waals surface area (Å²) in [4.78, 5) is 0. The van der Waals surface area contributed by atoms with Gasteiger partial charge in [0, 0.05) is 0 Å². The predicted octanol–water partition coefficient (Wildman–Crippen LogP) is 6.03. The van der Waals surface area contributed by atoms with Gasteiger partial charge in [-0.1, -0.05) is 54.7 Å². The number of hydrogen-bond donors (Lipinski definition) is 0. The maximum absolute atomic E-state index is 4.22. The summed E-state index contributed by atoms with van der Waals surface area (Å²) in [6.45, 7) is 28.7. The quantitative estimate of drug-likeness (QED) is 0.399. The highest BCUT2D eigenvalue weighted by Gasteiger charge is 2.43. The lowest BCUT2D eigenvalue weighted by molar-refractivity contribution is 0.00572. The molecule has 2 radical (unpaired) electrons. The molecule has 0 amide bonds. The van der Waals surface area contributed by atoms with Crippen LogP contribution in [0.25, 0.3) is 0 Å². The number of rotatable bonds is 1. The van der Waals surface area contributed by atoms with Crippen molar-refractivity contribution in [2.75, 3.05) is 0 Å². The SMILES string of the molecule is [CH2]C(=C=C)C(=C)C.[CH2]C1CC(C)(C)C(C)C(C)(C)C1. The zero-order valence-electron chi connectivity index (χ0n) is 13.9. The molecule has 0 heterocycles. The Bertz CT molecular complexity index is 343. The molecule has 0 aliphatic heterocycles. The van der Waals surface area contributed by atoms with E-state index < -0.39 is 0 Å². The molecule has 0 aromatic carbocycles. The van der Waals surface area contributed by atoms with Gasteiger partial charge in [-0.3, -0.25) is 0 Å². The molecule has 0 saturated heterocycles. The summed E-state index contributed by atoms with van der Waals surface area (Å²) in [7, 11) is 0. The van der Waals surface area contributed by atoms with Crippen molar-refractivity contribution in [2.24, 2.45) is 22.7 Å². The summed E-state index contributed by atoms with van der Waals surface area (Å²) >= 11 is 0. The minimum absolute atomic E-state index is 0.480. The third kappa shape index (κ3) is 5.41. The molecule has 0 N–H and O–H groups in total. The molecule has 0 aromatic heterocycles. The number of hydrogen-bond acceptors (Lipinski definition) is 0. The lowest BCUT2D eigenvalue weighted by Gasteiger charge is -2.50. The van der Waals surface area contributed by atoms with Crippen LogP contribution in [0, 0.1) is 36.5 Å². The molecule has 1 fully saturated rings. The van der Waals surface area contributed by atoms with Crippen LogP contribution in [0.2, 0.25) is 0 Å². The molecule has 1 aliphatic rings. The second kappa shape index (κ2) is 6.62. The van der Waals surface area contributed by atoms with Crippen LogP contribution in [0.3, 0.4) is 0 Å². The summed E-state index contributed by atoms with van der Waals surface area (Å²) in [5, 5.41) is 0. The van der Waals surface area contributed by atoms with Gasteiger partial charge < -0.3 is 0 Å². The predicted molar refractivity (Wildman–Crippen MR) is 87.6 cm³/mol. The summed E-state index contributed by atoms with van der Waals surface area (Å²) < 4.78 is 0. The Labute approximate surface area is 121 Å². The molecule has 0 spiro atoms. The second-order valence-corrected chi connectivity index (χ2v) is 7.41. The Morgan fingerprint density at radius 1 is 1.11 bits per heavy atom. The smallest absolute Gasteiger partial charge is 0.00397 e. The normalized spacial score (nSPS) is 27.6. The first kappa shape index (κ1) is 18.3. The van der Waals surface area contributed by atoms with Crippen molar-refractivity contribution in [2.45, 2.75) is 54.4 Å². The Hall–Kier alpha value is -0.740. The summed E-state index contributed by atoms with van der Waals surface area (Å²) in [6, 6.07) is 0. The van der Waals surface area contributed by atoms with E-state index in [9.17, 15) is 0 Å². The zero-order valence-corrected chi connectivity index (χ0v) is 13.9. The molecule has 0 heteroatoms. The van der Waals surface area contributed by atoms with Crippen LogP contribution < -0.4 is 0 Å². The monoisotopic (exact) mass is 260 g/mol. The van der Waals surface area contributed by atoms with E-state index in [1.54, 1.807) is 0 Å². The van der Waals surface area contributed by atoms with Gasteiger partial charge in [0.2, 0.25) is 0 Å². The average Bonchev–Trinajstić information content (AvgIpc) is 2.24. The van der Waals surface area contributed by atoms with E-state index in [-0.39, 0.29) is 0 Å². The van der Waals surface area contributed by atoms with Crippen LogP contribution in [-0.2, 0) is 0 Å². The topological polar surface area (TPSA) is 0 Å². The first-order valence-electron chi connectivity index (χ1n) is 7.15. The third-order valence-electron chi connectivity index (χ3n) is 4.70. The van der Waals surface area contributed by atoms with E-state index in [0.717, 1.165) is 17.1 Å². The van der Waals surface area contributed by atoms with Crippen molar-refractivity contribution in [3.8, 4) is 0 Å². The molecule has 0 unspecified atom stereocenters. The van der Waals surface area contributed by atoms with Gasteiger partial charge in [0.15, 0.2) is 0 Å². The van der Waals surface area contributed by atoms with Crippen molar-refractivity contribution in [1.82, 2.24) is 0 Å². The van der Waals surface area contributed by atoms with E-state index in [2.05, 4.69) is 67.4 Å². The van der Waals surface area contributed by atoms with Gasteiger partial charge in [0.05, 0.1) is 0 Å². The van der Waals surface area contributed by atoms with Gasteiger partial charge in [0.1, 0.15) is 0 Å². The minimum Gasteiger partial charge on any atom is -0.125 e. The van der Waals surface area contributed by atoms with Crippen LogP contribution >= 0.6 is 0 Å². The highest BCUT2D eigenvalue weighted by Crippen LogP contribution is 2.52. The first-order valence-corrected chi connectivity index (χ1v) is 7.15. The van der Waals surface area contributed by atoms with Gasteiger partial charge in [-0.25, -0.2) is 0 Å². The standard InChI is InChI=1S/C12H23.C7H9/c1-9-7-11(3,4)10(2)12(5,6)8-9;1-5-7(4)6(2)3/h9-10H,1,7-8H2,2-6H3;1-2,4H2,3H3. The second-order valence-electron chi connectivity index (χ2n) is 7.41. The van der Waals surface area contributed by atoms with Gasteiger partial charge in [0.25, 0.3) is 0 Å². The third-order valence-corrected chi connectivity index (χ3v) is 4.70. The van der Waals surface area contributed by atoms with Crippen LogP contribution in [-0.4, -0.2) is 0 Å². The highest BCUT2D eigenvalue weighted by atomic mass is 14.5. The maximum Gasteiger partial charge on any atom is -0.00397 e. The van der Waals surface area contributed by atoms with Crippen molar-refractivity contribution >= 4 is 0 Å². The first-order chi connectivity index (χ1) is 8.44. The van der Waals surface area contributed by atoms with Crippen molar-refractivity contribution < 1.29 is 0 Å². The Balaban J connectivity index is 0.000000399. The lowest BCUT2D eigenvalue weighted by Crippen LogP contribution is -2.41. The summed E-state index contributed by atoms with van der Waals surface area (Å²) in [6.07, 6.45) is 2.58. The molecule has 1 saturated carbocycles. The molecule has 19 heavy (non-hydrogen) atoms. The number of allylic oxidation sites excluding steroid dienone is 2. The molecular formula is C19H32. The van der Waals surface area contributed by atoms with Crippen molar-refractivity contribution in [1.29, 1.82) is 0 Å². The molecule has 0 atom stereocenters. The highest BCUT2D eigenvalue weighted by molar-refractivity contribution is 5.26. The van der Waals surface area contributed by atoms with Crippen LogP contribution in [0.1, 0.15) is 54.4 Å². The van der Waals surface area contributed by atoms with E-state index in [1.807, 2.05) is 6.92 Å². The van der Waals surface area contributed by atoms with Crippen LogP contribution in [0.5, 0.6) is 0 Å². The van der Waals surface area contributed by atoms with Crippen molar-refractivity contribution in [3.05, 3.63) is 43.9 Å². The Morgan fingerprint density at radius 3 is 1.68 bits per heavy atom. The molecule has 108 valence electrons. The van der Waals surface area contributed by atoms with Gasteiger partial charge in [-0.05, 0) is 60.5 Å².